The zero-order valence-corrected chi connectivity index (χ0v) is 18.1. The number of piperazine rings is 1. The van der Waals surface area contributed by atoms with Gasteiger partial charge in [-0.05, 0) is 45.0 Å². The number of nitrogens with zero attached hydrogens (tertiary/aromatic N) is 2. The number of rotatable bonds is 5. The number of thioether (sulfide) groups is 1. The summed E-state index contributed by atoms with van der Waals surface area (Å²) in [6.45, 7) is 7.35. The van der Waals surface area contributed by atoms with Crippen LogP contribution in [0, 0.1) is 13.8 Å². The van der Waals surface area contributed by atoms with Gasteiger partial charge < -0.3 is 4.90 Å². The Morgan fingerprint density at radius 1 is 0.893 bits per heavy atom. The Balaban J connectivity index is 1.58. The minimum absolute atomic E-state index is 0.0537. The van der Waals surface area contributed by atoms with E-state index in [0.29, 0.717) is 31.1 Å². The van der Waals surface area contributed by atoms with E-state index in [4.69, 9.17) is 0 Å². The van der Waals surface area contributed by atoms with Crippen LogP contribution in [-0.4, -0.2) is 55.0 Å². The van der Waals surface area contributed by atoms with Crippen molar-refractivity contribution in [3.63, 3.8) is 0 Å². The zero-order chi connectivity index (χ0) is 20.3. The first kappa shape index (κ1) is 20.9. The molecular formula is C21H26N2O3S2. The first-order valence-electron chi connectivity index (χ1n) is 9.36. The Morgan fingerprint density at radius 3 is 1.93 bits per heavy atom. The van der Waals surface area contributed by atoms with Crippen LogP contribution in [0.4, 0.5) is 0 Å². The fraction of sp³-hybridized carbons (Fsp3) is 0.381. The first-order chi connectivity index (χ1) is 13.3. The molecule has 5 nitrogen and oxygen atoms in total. The van der Waals surface area contributed by atoms with Gasteiger partial charge in [-0.15, -0.1) is 11.8 Å². The zero-order valence-electron chi connectivity index (χ0n) is 16.5. The maximum Gasteiger partial charge on any atom is 0.243 e. The van der Waals surface area contributed by atoms with Crippen molar-refractivity contribution >= 4 is 27.7 Å². The van der Waals surface area contributed by atoms with Crippen LogP contribution in [0.2, 0.25) is 0 Å². The molecule has 0 radical (unpaired) electrons. The Bertz CT molecular complexity index is 917. The molecule has 1 saturated heterocycles. The van der Waals surface area contributed by atoms with Crippen LogP contribution in [0.1, 0.15) is 18.1 Å². The molecule has 0 N–H and O–H groups in total. The van der Waals surface area contributed by atoms with Crippen molar-refractivity contribution in [2.24, 2.45) is 0 Å². The van der Waals surface area contributed by atoms with E-state index in [2.05, 4.69) is 0 Å². The van der Waals surface area contributed by atoms with Crippen molar-refractivity contribution in [1.82, 2.24) is 9.21 Å². The molecule has 1 amide bonds. The predicted octanol–water partition coefficient (Wildman–Crippen LogP) is 3.32. The third-order valence-electron chi connectivity index (χ3n) is 4.89. The van der Waals surface area contributed by atoms with Gasteiger partial charge in [0, 0.05) is 31.1 Å². The van der Waals surface area contributed by atoms with Gasteiger partial charge in [-0.2, -0.15) is 4.31 Å². The summed E-state index contributed by atoms with van der Waals surface area (Å²) in [6, 6.07) is 15.0. The highest BCUT2D eigenvalue weighted by Crippen LogP contribution is 2.26. The predicted molar refractivity (Wildman–Crippen MR) is 113 cm³/mol. The largest absolute Gasteiger partial charge is 0.339 e. The molecule has 1 fully saturated rings. The molecule has 0 bridgehead atoms. The summed E-state index contributed by atoms with van der Waals surface area (Å²) in [6.07, 6.45) is 0. The van der Waals surface area contributed by atoms with Gasteiger partial charge in [0.25, 0.3) is 0 Å². The summed E-state index contributed by atoms with van der Waals surface area (Å²) in [7, 11) is -3.51. The summed E-state index contributed by atoms with van der Waals surface area (Å²) < 4.78 is 27.1. The minimum Gasteiger partial charge on any atom is -0.339 e. The van der Waals surface area contributed by atoms with Crippen LogP contribution in [0.15, 0.2) is 58.3 Å². The molecule has 150 valence electrons. The Labute approximate surface area is 171 Å². The highest BCUT2D eigenvalue weighted by molar-refractivity contribution is 8.00. The molecule has 3 rings (SSSR count). The van der Waals surface area contributed by atoms with E-state index in [0.717, 1.165) is 10.5 Å². The number of benzene rings is 2. The van der Waals surface area contributed by atoms with E-state index in [1.807, 2.05) is 45.0 Å². The Morgan fingerprint density at radius 2 is 1.39 bits per heavy atom. The molecule has 2 aromatic rings. The highest BCUT2D eigenvalue weighted by atomic mass is 32.2. The molecule has 1 aliphatic rings. The van der Waals surface area contributed by atoms with Crippen molar-refractivity contribution in [3.8, 4) is 0 Å². The molecule has 0 aliphatic carbocycles. The van der Waals surface area contributed by atoms with Gasteiger partial charge in [0.1, 0.15) is 0 Å². The van der Waals surface area contributed by atoms with E-state index in [1.54, 1.807) is 29.2 Å². The van der Waals surface area contributed by atoms with E-state index in [1.165, 1.54) is 21.6 Å². The summed E-state index contributed by atoms with van der Waals surface area (Å²) in [5, 5.41) is -0.206. The average Bonchev–Trinajstić information content (AvgIpc) is 2.69. The van der Waals surface area contributed by atoms with Gasteiger partial charge in [-0.1, -0.05) is 35.4 Å². The lowest BCUT2D eigenvalue weighted by Gasteiger charge is -2.35. The summed E-state index contributed by atoms with van der Waals surface area (Å²) >= 11 is 1.54. The summed E-state index contributed by atoms with van der Waals surface area (Å²) in [4.78, 5) is 15.9. The number of carbonyl (C=O) groups excluding carboxylic acids is 1. The Kier molecular flexibility index (Phi) is 6.47. The maximum absolute atomic E-state index is 12.8. The number of amides is 1. The molecule has 0 spiro atoms. The first-order valence-corrected chi connectivity index (χ1v) is 11.7. The van der Waals surface area contributed by atoms with E-state index >= 15 is 0 Å². The number of carbonyl (C=O) groups is 1. The molecule has 28 heavy (non-hydrogen) atoms. The normalized spacial score (nSPS) is 16.8. The molecule has 0 aromatic heterocycles. The quantitative estimate of drug-likeness (QED) is 0.699. The molecular weight excluding hydrogens is 392 g/mol. The summed E-state index contributed by atoms with van der Waals surface area (Å²) in [5.74, 6) is 0.0537. The molecule has 0 unspecified atom stereocenters. The second-order valence-corrected chi connectivity index (χ2v) is 10.5. The third-order valence-corrected chi connectivity index (χ3v) is 7.90. The second-order valence-electron chi connectivity index (χ2n) is 7.12. The molecule has 7 heteroatoms. The fourth-order valence-corrected chi connectivity index (χ4v) is 5.51. The maximum atomic E-state index is 12.8. The molecule has 1 aliphatic heterocycles. The number of aryl methyl sites for hydroxylation is 2. The number of hydrogen-bond donors (Lipinski definition) is 0. The van der Waals surface area contributed by atoms with Gasteiger partial charge in [-0.25, -0.2) is 8.42 Å². The van der Waals surface area contributed by atoms with Crippen molar-refractivity contribution in [1.29, 1.82) is 0 Å². The summed E-state index contributed by atoms with van der Waals surface area (Å²) in [5.41, 5.74) is 2.21. The van der Waals surface area contributed by atoms with Gasteiger partial charge in [0.2, 0.25) is 15.9 Å². The molecule has 1 atom stereocenters. The van der Waals surface area contributed by atoms with Gasteiger partial charge in [-0.3, -0.25) is 4.79 Å². The lowest BCUT2D eigenvalue weighted by Crippen LogP contribution is -2.52. The minimum atomic E-state index is -3.51. The fourth-order valence-electron chi connectivity index (χ4n) is 3.14. The molecule has 0 saturated carbocycles. The van der Waals surface area contributed by atoms with Crippen LogP contribution < -0.4 is 0 Å². The molecule has 2 aromatic carbocycles. The number of sulfonamides is 1. The number of hydrogen-bond acceptors (Lipinski definition) is 4. The topological polar surface area (TPSA) is 57.7 Å². The highest BCUT2D eigenvalue weighted by Gasteiger charge is 2.31. The van der Waals surface area contributed by atoms with Crippen LogP contribution in [0.3, 0.4) is 0 Å². The lowest BCUT2D eigenvalue weighted by atomic mass is 10.2. The van der Waals surface area contributed by atoms with Crippen molar-refractivity contribution in [2.75, 3.05) is 26.2 Å². The van der Waals surface area contributed by atoms with Crippen LogP contribution in [0.25, 0.3) is 0 Å². The SMILES string of the molecule is Cc1ccc(S[C@H](C)C(=O)N2CCN(S(=O)(=O)c3ccc(C)cc3)CC2)cc1. The van der Waals surface area contributed by atoms with Gasteiger partial charge >= 0.3 is 0 Å². The van der Waals surface area contributed by atoms with Crippen molar-refractivity contribution in [3.05, 3.63) is 59.7 Å². The van der Waals surface area contributed by atoms with Gasteiger partial charge in [0.05, 0.1) is 10.1 Å². The standard InChI is InChI=1S/C21H26N2O3S2/c1-16-4-8-19(9-5-16)27-18(3)21(24)22-12-14-23(15-13-22)28(25,26)20-10-6-17(2)7-11-20/h4-11,18H,12-15H2,1-3H3/t18-/m1/s1. The van der Waals surface area contributed by atoms with E-state index in [-0.39, 0.29) is 11.2 Å². The van der Waals surface area contributed by atoms with Crippen molar-refractivity contribution in [2.45, 2.75) is 35.8 Å². The van der Waals surface area contributed by atoms with Gasteiger partial charge in [0.15, 0.2) is 0 Å². The van der Waals surface area contributed by atoms with E-state index < -0.39 is 10.0 Å². The van der Waals surface area contributed by atoms with Crippen LogP contribution in [0.5, 0.6) is 0 Å². The van der Waals surface area contributed by atoms with Crippen LogP contribution in [-0.2, 0) is 14.8 Å². The van der Waals surface area contributed by atoms with E-state index in [9.17, 15) is 13.2 Å². The average molecular weight is 419 g/mol. The molecule has 1 heterocycles. The smallest absolute Gasteiger partial charge is 0.243 e. The van der Waals surface area contributed by atoms with Crippen molar-refractivity contribution < 1.29 is 13.2 Å². The Hall–Kier alpha value is -1.83. The third kappa shape index (κ3) is 4.77. The van der Waals surface area contributed by atoms with Crippen LogP contribution >= 0.6 is 11.8 Å². The monoisotopic (exact) mass is 418 g/mol. The lowest BCUT2D eigenvalue weighted by molar-refractivity contribution is -0.131. The second kappa shape index (κ2) is 8.68.